The first-order valence-electron chi connectivity index (χ1n) is 3.18. The Morgan fingerprint density at radius 1 is 1.78 bits per heavy atom. The minimum absolute atomic E-state index is 0.154. The smallest absolute Gasteiger partial charge is 0.111 e. The van der Waals surface area contributed by atoms with Gasteiger partial charge in [0.15, 0.2) is 0 Å². The molecule has 2 unspecified atom stereocenters. The van der Waals surface area contributed by atoms with Crippen molar-refractivity contribution < 1.29 is 0 Å². The number of hydrogen-bond donors (Lipinski definition) is 0. The van der Waals surface area contributed by atoms with E-state index in [0.29, 0.717) is 0 Å². The van der Waals surface area contributed by atoms with Gasteiger partial charge in [-0.15, -0.1) is 11.6 Å². The Bertz CT molecular complexity index is 124. The first-order chi connectivity index (χ1) is 4.17. The molecule has 0 spiro atoms. The molecule has 1 aliphatic rings. The van der Waals surface area contributed by atoms with E-state index in [-0.39, 0.29) is 10.9 Å². The van der Waals surface area contributed by atoms with E-state index in [0.717, 1.165) is 19.3 Å². The maximum absolute atomic E-state index is 10.1. The molecule has 0 heterocycles. The van der Waals surface area contributed by atoms with Gasteiger partial charge in [0.25, 0.3) is 0 Å². The molecule has 52 valence electrons. The molecule has 3 heteroatoms. The fourth-order valence-corrected chi connectivity index (χ4v) is 1.55. The number of rotatable bonds is 1. The van der Waals surface area contributed by atoms with Crippen molar-refractivity contribution in [3.8, 4) is 0 Å². The molecular weight excluding hydrogens is 138 g/mol. The molecule has 0 bridgehead atoms. The molecule has 2 atom stereocenters. The third-order valence-electron chi connectivity index (χ3n) is 1.97. The van der Waals surface area contributed by atoms with Gasteiger partial charge in [-0.1, -0.05) is 5.18 Å². The first-order valence-corrected chi connectivity index (χ1v) is 3.56. The highest BCUT2D eigenvalue weighted by Crippen LogP contribution is 2.37. The van der Waals surface area contributed by atoms with Crippen LogP contribution in [-0.4, -0.2) is 10.9 Å². The molecule has 0 saturated heterocycles. The number of halogens is 1. The third kappa shape index (κ3) is 1.23. The van der Waals surface area contributed by atoms with E-state index >= 15 is 0 Å². The van der Waals surface area contributed by atoms with Crippen molar-refractivity contribution in [1.82, 2.24) is 0 Å². The van der Waals surface area contributed by atoms with Crippen LogP contribution >= 0.6 is 11.6 Å². The largest absolute Gasteiger partial charge is 0.150 e. The summed E-state index contributed by atoms with van der Waals surface area (Å²) in [6.45, 7) is 1.88. The lowest BCUT2D eigenvalue weighted by Gasteiger charge is -2.16. The van der Waals surface area contributed by atoms with Gasteiger partial charge >= 0.3 is 0 Å². The molecule has 1 rings (SSSR count). The lowest BCUT2D eigenvalue weighted by Crippen LogP contribution is -2.24. The van der Waals surface area contributed by atoms with E-state index in [1.165, 1.54) is 0 Å². The van der Waals surface area contributed by atoms with Gasteiger partial charge in [-0.25, -0.2) is 0 Å². The second-order valence-electron chi connectivity index (χ2n) is 2.79. The number of nitroso groups, excluding NO2 is 1. The van der Waals surface area contributed by atoms with Gasteiger partial charge in [0, 0.05) is 0 Å². The van der Waals surface area contributed by atoms with E-state index in [1.807, 2.05) is 6.92 Å². The third-order valence-corrected chi connectivity index (χ3v) is 2.41. The zero-order valence-corrected chi connectivity index (χ0v) is 6.19. The van der Waals surface area contributed by atoms with Crippen LogP contribution in [0.4, 0.5) is 0 Å². The SMILES string of the molecule is CC1(Cl)CCCC1N=O. The van der Waals surface area contributed by atoms with Crippen LogP contribution < -0.4 is 0 Å². The Balaban J connectivity index is 2.62. The molecule has 9 heavy (non-hydrogen) atoms. The van der Waals surface area contributed by atoms with Gasteiger partial charge in [-0.2, -0.15) is 4.91 Å². The Morgan fingerprint density at radius 2 is 2.44 bits per heavy atom. The predicted molar refractivity (Wildman–Crippen MR) is 37.7 cm³/mol. The molecular formula is C6H10ClNO. The van der Waals surface area contributed by atoms with Gasteiger partial charge < -0.3 is 0 Å². The molecule has 0 amide bonds. The minimum Gasteiger partial charge on any atom is -0.150 e. The van der Waals surface area contributed by atoms with Gasteiger partial charge in [0.2, 0.25) is 0 Å². The van der Waals surface area contributed by atoms with Crippen LogP contribution in [0.3, 0.4) is 0 Å². The molecule has 1 saturated carbocycles. The molecule has 0 aliphatic heterocycles. The summed E-state index contributed by atoms with van der Waals surface area (Å²) in [5.41, 5.74) is 0. The summed E-state index contributed by atoms with van der Waals surface area (Å²) in [7, 11) is 0. The molecule has 0 N–H and O–H groups in total. The first kappa shape index (κ1) is 7.00. The molecule has 0 aromatic heterocycles. The van der Waals surface area contributed by atoms with Crippen molar-refractivity contribution in [3.05, 3.63) is 4.91 Å². The number of hydrogen-bond acceptors (Lipinski definition) is 2. The molecule has 1 aliphatic carbocycles. The normalized spacial score (nSPS) is 43.1. The summed E-state index contributed by atoms with van der Waals surface area (Å²) in [4.78, 5) is 9.74. The van der Waals surface area contributed by atoms with E-state index in [9.17, 15) is 4.91 Å². The van der Waals surface area contributed by atoms with Crippen LogP contribution in [0.25, 0.3) is 0 Å². The lowest BCUT2D eigenvalue weighted by atomic mass is 10.1. The molecule has 2 nitrogen and oxygen atoms in total. The van der Waals surface area contributed by atoms with Crippen LogP contribution in [0.2, 0.25) is 0 Å². The van der Waals surface area contributed by atoms with Crippen LogP contribution in [0, 0.1) is 4.91 Å². The average molecular weight is 148 g/mol. The number of alkyl halides is 1. The Labute approximate surface area is 59.6 Å². The zero-order chi connectivity index (χ0) is 6.91. The van der Waals surface area contributed by atoms with Crippen molar-refractivity contribution >= 4 is 11.6 Å². The zero-order valence-electron chi connectivity index (χ0n) is 5.43. The standard InChI is InChI=1S/C6H10ClNO/c1-6(7)4-2-3-5(6)8-9/h5H,2-4H2,1H3. The summed E-state index contributed by atoms with van der Waals surface area (Å²) >= 11 is 5.94. The van der Waals surface area contributed by atoms with Gasteiger partial charge in [-0.3, -0.25) is 0 Å². The number of nitrogens with zero attached hydrogens (tertiary/aromatic N) is 1. The quantitative estimate of drug-likeness (QED) is 0.414. The second kappa shape index (κ2) is 2.25. The van der Waals surface area contributed by atoms with Crippen LogP contribution in [0.5, 0.6) is 0 Å². The van der Waals surface area contributed by atoms with Crippen molar-refractivity contribution in [3.63, 3.8) is 0 Å². The summed E-state index contributed by atoms with van der Waals surface area (Å²) in [6.07, 6.45) is 2.82. The summed E-state index contributed by atoms with van der Waals surface area (Å²) < 4.78 is 0. The minimum atomic E-state index is -0.345. The topological polar surface area (TPSA) is 29.4 Å². The van der Waals surface area contributed by atoms with Crippen molar-refractivity contribution in [1.29, 1.82) is 0 Å². The second-order valence-corrected chi connectivity index (χ2v) is 3.65. The Kier molecular flexibility index (Phi) is 1.75. The summed E-state index contributed by atoms with van der Waals surface area (Å²) in [5, 5.41) is 2.96. The van der Waals surface area contributed by atoms with Crippen LogP contribution in [-0.2, 0) is 0 Å². The van der Waals surface area contributed by atoms with Gasteiger partial charge in [0.1, 0.15) is 6.04 Å². The van der Waals surface area contributed by atoms with Crippen molar-refractivity contribution in [2.45, 2.75) is 37.1 Å². The Morgan fingerprint density at radius 3 is 2.67 bits per heavy atom. The fraction of sp³-hybridized carbons (Fsp3) is 1.00. The fourth-order valence-electron chi connectivity index (χ4n) is 1.27. The average Bonchev–Trinajstić information content (AvgIpc) is 2.08. The van der Waals surface area contributed by atoms with E-state index in [1.54, 1.807) is 0 Å². The van der Waals surface area contributed by atoms with Gasteiger partial charge in [0.05, 0.1) is 4.87 Å². The molecule has 0 aromatic carbocycles. The Hall–Kier alpha value is -0.110. The molecule has 1 fully saturated rings. The summed E-state index contributed by atoms with van der Waals surface area (Å²) in [5.74, 6) is 0. The van der Waals surface area contributed by atoms with Crippen molar-refractivity contribution in [2.24, 2.45) is 5.18 Å². The van der Waals surface area contributed by atoms with Crippen LogP contribution in [0.15, 0.2) is 5.18 Å². The van der Waals surface area contributed by atoms with Crippen molar-refractivity contribution in [2.75, 3.05) is 0 Å². The predicted octanol–water partition coefficient (Wildman–Crippen LogP) is 2.30. The monoisotopic (exact) mass is 147 g/mol. The van der Waals surface area contributed by atoms with Crippen LogP contribution in [0.1, 0.15) is 26.2 Å². The maximum atomic E-state index is 10.1. The van der Waals surface area contributed by atoms with E-state index < -0.39 is 0 Å². The highest BCUT2D eigenvalue weighted by Gasteiger charge is 2.37. The lowest BCUT2D eigenvalue weighted by molar-refractivity contribution is 0.565. The highest BCUT2D eigenvalue weighted by atomic mass is 35.5. The maximum Gasteiger partial charge on any atom is 0.111 e. The molecule has 0 aromatic rings. The summed E-state index contributed by atoms with van der Waals surface area (Å²) in [6, 6.07) is -0.154. The van der Waals surface area contributed by atoms with E-state index in [4.69, 9.17) is 11.6 Å². The highest BCUT2D eigenvalue weighted by molar-refractivity contribution is 6.24. The molecule has 0 radical (unpaired) electrons. The van der Waals surface area contributed by atoms with E-state index in [2.05, 4.69) is 5.18 Å². The van der Waals surface area contributed by atoms with Gasteiger partial charge in [-0.05, 0) is 26.2 Å².